The summed E-state index contributed by atoms with van der Waals surface area (Å²) in [5.41, 5.74) is 1.15. The molecule has 0 aromatic heterocycles. The molecule has 1 aromatic carbocycles. The zero-order chi connectivity index (χ0) is 16.0. The Bertz CT molecular complexity index is 487. The van der Waals surface area contributed by atoms with Gasteiger partial charge in [-0.15, -0.1) is 0 Å². The minimum atomic E-state index is -0.114. The van der Waals surface area contributed by atoms with Crippen molar-refractivity contribution >= 4 is 17.5 Å². The minimum absolute atomic E-state index is 0.0975. The summed E-state index contributed by atoms with van der Waals surface area (Å²) in [5.74, 6) is -0.221. The average molecular weight is 291 g/mol. The summed E-state index contributed by atoms with van der Waals surface area (Å²) < 4.78 is 0. The molecular formula is C16H25N3O2. The number of rotatable bonds is 5. The maximum atomic E-state index is 11.8. The van der Waals surface area contributed by atoms with E-state index in [0.717, 1.165) is 0 Å². The second kappa shape index (κ2) is 7.22. The van der Waals surface area contributed by atoms with Crippen LogP contribution in [0.15, 0.2) is 24.3 Å². The van der Waals surface area contributed by atoms with Crippen LogP contribution in [0.2, 0.25) is 0 Å². The molecule has 0 aliphatic heterocycles. The Labute approximate surface area is 126 Å². The third-order valence-electron chi connectivity index (χ3n) is 2.63. The molecule has 0 saturated carbocycles. The molecule has 0 aliphatic carbocycles. The molecule has 0 fully saturated rings. The average Bonchev–Trinajstić information content (AvgIpc) is 2.35. The summed E-state index contributed by atoms with van der Waals surface area (Å²) >= 11 is 0. The van der Waals surface area contributed by atoms with Crippen molar-refractivity contribution in [2.45, 2.75) is 46.2 Å². The van der Waals surface area contributed by atoms with Gasteiger partial charge in [0.1, 0.15) is 0 Å². The number of anilines is 1. The molecule has 2 amide bonds. The van der Waals surface area contributed by atoms with E-state index in [1.165, 1.54) is 0 Å². The number of hydrogen-bond acceptors (Lipinski definition) is 3. The molecule has 0 atom stereocenters. The van der Waals surface area contributed by atoms with Gasteiger partial charge < -0.3 is 16.0 Å². The van der Waals surface area contributed by atoms with E-state index in [-0.39, 0.29) is 29.9 Å². The van der Waals surface area contributed by atoms with Gasteiger partial charge >= 0.3 is 0 Å². The summed E-state index contributed by atoms with van der Waals surface area (Å²) in [7, 11) is 0. The summed E-state index contributed by atoms with van der Waals surface area (Å²) in [6, 6.07) is 6.95. The first-order valence-corrected chi connectivity index (χ1v) is 7.13. The summed E-state index contributed by atoms with van der Waals surface area (Å²) in [4.78, 5) is 23.6. The van der Waals surface area contributed by atoms with Crippen LogP contribution < -0.4 is 16.0 Å². The Morgan fingerprint density at radius 3 is 2.14 bits per heavy atom. The summed E-state index contributed by atoms with van der Waals surface area (Å²) in [6.45, 7) is 10.1. The van der Waals surface area contributed by atoms with Gasteiger partial charge in [0.25, 0.3) is 5.91 Å². The molecule has 0 heterocycles. The van der Waals surface area contributed by atoms with E-state index in [9.17, 15) is 9.59 Å². The molecule has 0 unspecified atom stereocenters. The molecule has 3 N–H and O–H groups in total. The second-order valence-electron chi connectivity index (χ2n) is 6.36. The second-order valence-corrected chi connectivity index (χ2v) is 6.36. The van der Waals surface area contributed by atoms with Gasteiger partial charge in [0.15, 0.2) is 0 Å². The number of benzene rings is 1. The Kier molecular flexibility index (Phi) is 5.90. The molecule has 1 aromatic rings. The van der Waals surface area contributed by atoms with Crippen LogP contribution in [0.3, 0.4) is 0 Å². The van der Waals surface area contributed by atoms with E-state index in [2.05, 4.69) is 16.0 Å². The van der Waals surface area contributed by atoms with Crippen LogP contribution in [-0.2, 0) is 4.79 Å². The van der Waals surface area contributed by atoms with Gasteiger partial charge in [-0.3, -0.25) is 9.59 Å². The largest absolute Gasteiger partial charge is 0.350 e. The minimum Gasteiger partial charge on any atom is -0.350 e. The van der Waals surface area contributed by atoms with Crippen LogP contribution in [0.5, 0.6) is 0 Å². The first-order chi connectivity index (χ1) is 9.67. The highest BCUT2D eigenvalue weighted by Crippen LogP contribution is 2.10. The standard InChI is InChI=1S/C16H25N3O2/c1-11(2)18-15(21)12-6-8-13(9-7-12)19-14(20)10-17-16(3,4)5/h6-9,11,17H,10H2,1-5H3,(H,18,21)(H,19,20). The molecule has 5 heteroatoms. The molecule has 116 valence electrons. The zero-order valence-electron chi connectivity index (χ0n) is 13.4. The fraction of sp³-hybridized carbons (Fsp3) is 0.500. The third kappa shape index (κ3) is 6.90. The number of amides is 2. The maximum absolute atomic E-state index is 11.8. The molecule has 0 spiro atoms. The molecular weight excluding hydrogens is 266 g/mol. The molecule has 0 saturated heterocycles. The van der Waals surface area contributed by atoms with Crippen molar-refractivity contribution in [3.05, 3.63) is 29.8 Å². The van der Waals surface area contributed by atoms with Gasteiger partial charge in [0.05, 0.1) is 6.54 Å². The zero-order valence-corrected chi connectivity index (χ0v) is 13.4. The van der Waals surface area contributed by atoms with E-state index in [4.69, 9.17) is 0 Å². The van der Waals surface area contributed by atoms with Crippen LogP contribution in [0.4, 0.5) is 5.69 Å². The summed E-state index contributed by atoms with van der Waals surface area (Å²) in [5, 5.41) is 8.73. The predicted octanol–water partition coefficient (Wildman–Crippen LogP) is 2.15. The van der Waals surface area contributed by atoms with Gasteiger partial charge in [-0.2, -0.15) is 0 Å². The quantitative estimate of drug-likeness (QED) is 0.778. The fourth-order valence-electron chi connectivity index (χ4n) is 1.60. The Morgan fingerprint density at radius 1 is 1.10 bits per heavy atom. The van der Waals surface area contributed by atoms with Crippen molar-refractivity contribution in [2.24, 2.45) is 0 Å². The molecule has 21 heavy (non-hydrogen) atoms. The van der Waals surface area contributed by atoms with E-state index >= 15 is 0 Å². The Morgan fingerprint density at radius 2 is 1.67 bits per heavy atom. The van der Waals surface area contributed by atoms with Crippen molar-refractivity contribution in [3.8, 4) is 0 Å². The number of carbonyl (C=O) groups is 2. The Hall–Kier alpha value is -1.88. The SMILES string of the molecule is CC(C)NC(=O)c1ccc(NC(=O)CNC(C)(C)C)cc1. The molecule has 0 bridgehead atoms. The molecule has 1 rings (SSSR count). The first kappa shape index (κ1) is 17.2. The highest BCUT2D eigenvalue weighted by Gasteiger charge is 2.12. The van der Waals surface area contributed by atoms with Gasteiger partial charge in [-0.05, 0) is 58.9 Å². The van der Waals surface area contributed by atoms with Crippen LogP contribution in [0.1, 0.15) is 45.0 Å². The van der Waals surface area contributed by atoms with E-state index in [1.807, 2.05) is 34.6 Å². The van der Waals surface area contributed by atoms with Gasteiger partial charge in [0.2, 0.25) is 5.91 Å². The highest BCUT2D eigenvalue weighted by atomic mass is 16.2. The number of carbonyl (C=O) groups excluding carboxylic acids is 2. The smallest absolute Gasteiger partial charge is 0.251 e. The van der Waals surface area contributed by atoms with Crippen molar-refractivity contribution in [3.63, 3.8) is 0 Å². The van der Waals surface area contributed by atoms with Crippen molar-refractivity contribution < 1.29 is 9.59 Å². The van der Waals surface area contributed by atoms with Crippen LogP contribution in [-0.4, -0.2) is 29.9 Å². The highest BCUT2D eigenvalue weighted by molar-refractivity contribution is 5.96. The lowest BCUT2D eigenvalue weighted by atomic mass is 10.1. The predicted molar refractivity (Wildman–Crippen MR) is 85.4 cm³/mol. The van der Waals surface area contributed by atoms with Crippen LogP contribution in [0, 0.1) is 0 Å². The number of hydrogen-bond donors (Lipinski definition) is 3. The topological polar surface area (TPSA) is 70.2 Å². The lowest BCUT2D eigenvalue weighted by Crippen LogP contribution is -2.41. The molecule has 0 aliphatic rings. The van der Waals surface area contributed by atoms with Gasteiger partial charge in [0, 0.05) is 22.8 Å². The molecule has 0 radical (unpaired) electrons. The Balaban J connectivity index is 2.55. The number of nitrogens with one attached hydrogen (secondary N) is 3. The van der Waals surface area contributed by atoms with E-state index < -0.39 is 0 Å². The fourth-order valence-corrected chi connectivity index (χ4v) is 1.60. The van der Waals surface area contributed by atoms with Gasteiger partial charge in [-0.25, -0.2) is 0 Å². The lowest BCUT2D eigenvalue weighted by molar-refractivity contribution is -0.115. The normalized spacial score (nSPS) is 11.3. The monoisotopic (exact) mass is 291 g/mol. The van der Waals surface area contributed by atoms with Crippen LogP contribution >= 0.6 is 0 Å². The first-order valence-electron chi connectivity index (χ1n) is 7.13. The van der Waals surface area contributed by atoms with Crippen LogP contribution in [0.25, 0.3) is 0 Å². The maximum Gasteiger partial charge on any atom is 0.251 e. The van der Waals surface area contributed by atoms with Crippen molar-refractivity contribution in [1.82, 2.24) is 10.6 Å². The van der Waals surface area contributed by atoms with E-state index in [1.54, 1.807) is 24.3 Å². The van der Waals surface area contributed by atoms with Crippen molar-refractivity contribution in [2.75, 3.05) is 11.9 Å². The molecule has 5 nitrogen and oxygen atoms in total. The van der Waals surface area contributed by atoms with Crippen molar-refractivity contribution in [1.29, 1.82) is 0 Å². The van der Waals surface area contributed by atoms with Gasteiger partial charge in [-0.1, -0.05) is 0 Å². The lowest BCUT2D eigenvalue weighted by Gasteiger charge is -2.20. The van der Waals surface area contributed by atoms with E-state index in [0.29, 0.717) is 11.3 Å². The third-order valence-corrected chi connectivity index (χ3v) is 2.63. The summed E-state index contributed by atoms with van der Waals surface area (Å²) in [6.07, 6.45) is 0.